The van der Waals surface area contributed by atoms with E-state index in [2.05, 4.69) is 10.3 Å². The lowest BCUT2D eigenvalue weighted by Gasteiger charge is -2.28. The average Bonchev–Trinajstić information content (AvgIpc) is 3.66. The number of hydrogen-bond donors (Lipinski definition) is 2. The molecule has 2 aliphatic heterocycles. The molecule has 1 fully saturated rings. The van der Waals surface area contributed by atoms with E-state index in [1.165, 1.54) is 11.3 Å². The summed E-state index contributed by atoms with van der Waals surface area (Å²) in [6, 6.07) is 9.31. The second kappa shape index (κ2) is 9.19. The first-order chi connectivity index (χ1) is 18.6. The fourth-order valence-electron chi connectivity index (χ4n) is 5.11. The Morgan fingerprint density at radius 2 is 1.87 bits per heavy atom. The Balaban J connectivity index is 1.42. The van der Waals surface area contributed by atoms with Gasteiger partial charge in [-0.2, -0.15) is 0 Å². The smallest absolute Gasteiger partial charge is 0.410 e. The molecule has 4 aromatic rings. The number of para-hydroxylation sites is 1. The van der Waals surface area contributed by atoms with Crippen molar-refractivity contribution >= 4 is 67.5 Å². The molecular weight excluding hydrogens is 516 g/mol. The summed E-state index contributed by atoms with van der Waals surface area (Å²) in [5.74, 6) is -0.498. The van der Waals surface area contributed by atoms with Crippen LogP contribution < -0.4 is 10.2 Å². The number of carbonyl (C=O) groups is 3. The average molecular weight is 545 g/mol. The van der Waals surface area contributed by atoms with Gasteiger partial charge in [0.05, 0.1) is 28.4 Å². The maximum Gasteiger partial charge on any atom is 0.410 e. The molecule has 6 rings (SSSR count). The van der Waals surface area contributed by atoms with E-state index in [1.807, 2.05) is 61.4 Å². The number of amides is 3. The van der Waals surface area contributed by atoms with Gasteiger partial charge in [0.15, 0.2) is 0 Å². The van der Waals surface area contributed by atoms with Crippen molar-refractivity contribution in [2.75, 3.05) is 25.0 Å². The van der Waals surface area contributed by atoms with Crippen molar-refractivity contribution in [3.05, 3.63) is 53.2 Å². The molecule has 3 aromatic heterocycles. The largest absolute Gasteiger partial charge is 0.444 e. The number of carbonyl (C=O) groups excluding carboxylic acids is 3. The van der Waals surface area contributed by atoms with Gasteiger partial charge in [-0.25, -0.2) is 14.8 Å². The van der Waals surface area contributed by atoms with Gasteiger partial charge in [0.2, 0.25) is 5.95 Å². The number of H-pyrrole nitrogens is 1. The Hall–Kier alpha value is -4.25. The quantitative estimate of drug-likeness (QED) is 0.370. The Kier molecular flexibility index (Phi) is 5.91. The Bertz CT molecular complexity index is 1680. The van der Waals surface area contributed by atoms with Gasteiger partial charge in [-0.15, -0.1) is 11.3 Å². The standard InChI is InChI=1S/C28H28N6O4S/c1-28(2,3)38-27(37)33(4)15-9-11-34(14-15)26-30-19-8-6-5-7-17(19)22(31-26)21-20(23(35)32-24(21)36)18-13-29-25-16(18)10-12-39-25/h5-8,10,12-13,15,29H,9,11,14H2,1-4H3,(H,32,35,36). The van der Waals surface area contributed by atoms with Gasteiger partial charge in [-0.05, 0) is 44.7 Å². The van der Waals surface area contributed by atoms with Gasteiger partial charge in [-0.3, -0.25) is 14.9 Å². The number of hydrogen-bond acceptors (Lipinski definition) is 8. The number of benzene rings is 1. The van der Waals surface area contributed by atoms with E-state index in [9.17, 15) is 14.4 Å². The second-order valence-electron chi connectivity index (χ2n) is 10.8. The Labute approximate surface area is 228 Å². The molecule has 5 heterocycles. The fraction of sp³-hybridized carbons (Fsp3) is 0.321. The zero-order valence-corrected chi connectivity index (χ0v) is 22.9. The van der Waals surface area contributed by atoms with Gasteiger partial charge in [-0.1, -0.05) is 18.2 Å². The molecule has 39 heavy (non-hydrogen) atoms. The number of thiophene rings is 1. The predicted octanol–water partition coefficient (Wildman–Crippen LogP) is 4.19. The lowest BCUT2D eigenvalue weighted by molar-refractivity contribution is -0.122. The molecule has 0 bridgehead atoms. The van der Waals surface area contributed by atoms with Gasteiger partial charge in [0.1, 0.15) is 10.4 Å². The number of nitrogens with one attached hydrogen (secondary N) is 2. The summed E-state index contributed by atoms with van der Waals surface area (Å²) in [5.41, 5.74) is 1.67. The van der Waals surface area contributed by atoms with Crippen LogP contribution in [0.25, 0.3) is 32.3 Å². The van der Waals surface area contributed by atoms with Crippen LogP contribution in [0.3, 0.4) is 0 Å². The lowest BCUT2D eigenvalue weighted by atomic mass is 9.97. The number of ether oxygens (including phenoxy) is 1. The summed E-state index contributed by atoms with van der Waals surface area (Å²) < 4.78 is 5.54. The lowest BCUT2D eigenvalue weighted by Crippen LogP contribution is -2.42. The normalized spacial score (nSPS) is 17.9. The van der Waals surface area contributed by atoms with Gasteiger partial charge in [0.25, 0.3) is 11.8 Å². The van der Waals surface area contributed by atoms with E-state index < -0.39 is 17.4 Å². The number of nitrogens with zero attached hydrogens (tertiary/aromatic N) is 4. The van der Waals surface area contributed by atoms with E-state index in [0.717, 1.165) is 10.2 Å². The number of likely N-dealkylation sites (N-methyl/N-ethyl adjacent to an activating group) is 1. The highest BCUT2D eigenvalue weighted by molar-refractivity contribution is 7.16. The van der Waals surface area contributed by atoms with Crippen LogP contribution in [0.2, 0.25) is 0 Å². The Morgan fingerprint density at radius 1 is 1.10 bits per heavy atom. The first-order valence-corrected chi connectivity index (χ1v) is 13.6. The molecule has 3 amide bonds. The molecule has 1 aromatic carbocycles. The topological polar surface area (TPSA) is 121 Å². The zero-order valence-electron chi connectivity index (χ0n) is 22.1. The third-order valence-electron chi connectivity index (χ3n) is 7.01. The van der Waals surface area contributed by atoms with Crippen LogP contribution in [0, 0.1) is 0 Å². The Morgan fingerprint density at radius 3 is 2.67 bits per heavy atom. The van der Waals surface area contributed by atoms with E-state index in [1.54, 1.807) is 18.1 Å². The number of aromatic nitrogens is 3. The van der Waals surface area contributed by atoms with Crippen LogP contribution in [0.4, 0.5) is 10.7 Å². The van der Waals surface area contributed by atoms with Crippen molar-refractivity contribution in [2.24, 2.45) is 0 Å². The molecule has 0 saturated carbocycles. The number of aromatic amines is 1. The maximum absolute atomic E-state index is 13.2. The molecule has 1 unspecified atom stereocenters. The summed E-state index contributed by atoms with van der Waals surface area (Å²) in [5, 5.41) is 5.97. The molecule has 0 spiro atoms. The first kappa shape index (κ1) is 25.1. The zero-order chi connectivity index (χ0) is 27.5. The highest BCUT2D eigenvalue weighted by atomic mass is 32.1. The minimum atomic E-state index is -0.585. The SMILES string of the molecule is CN(C(=O)OC(C)(C)C)C1CCN(c2nc(C3=C(c4c[nH]c5sccc45)C(=O)NC3=O)c3ccccc3n2)C1. The summed E-state index contributed by atoms with van der Waals surface area (Å²) >= 11 is 1.53. The minimum Gasteiger partial charge on any atom is -0.444 e. The summed E-state index contributed by atoms with van der Waals surface area (Å²) in [7, 11) is 1.74. The molecule has 11 heteroatoms. The van der Waals surface area contributed by atoms with Crippen molar-refractivity contribution in [1.82, 2.24) is 25.2 Å². The highest BCUT2D eigenvalue weighted by Gasteiger charge is 2.37. The molecule has 0 radical (unpaired) electrons. The monoisotopic (exact) mass is 544 g/mol. The van der Waals surface area contributed by atoms with Crippen molar-refractivity contribution in [1.29, 1.82) is 0 Å². The van der Waals surface area contributed by atoms with Crippen molar-refractivity contribution in [2.45, 2.75) is 38.8 Å². The van der Waals surface area contributed by atoms with Crippen LogP contribution in [0.5, 0.6) is 0 Å². The molecule has 10 nitrogen and oxygen atoms in total. The van der Waals surface area contributed by atoms with Crippen LogP contribution in [0.1, 0.15) is 38.4 Å². The molecule has 1 atom stereocenters. The van der Waals surface area contributed by atoms with Crippen molar-refractivity contribution < 1.29 is 19.1 Å². The van der Waals surface area contributed by atoms with Crippen molar-refractivity contribution in [3.63, 3.8) is 0 Å². The predicted molar refractivity (Wildman–Crippen MR) is 150 cm³/mol. The number of rotatable bonds is 4. The molecule has 2 N–H and O–H groups in total. The maximum atomic E-state index is 13.2. The van der Waals surface area contributed by atoms with Crippen LogP contribution >= 0.6 is 11.3 Å². The summed E-state index contributed by atoms with van der Waals surface area (Å²) in [6.07, 6.45) is 2.10. The van der Waals surface area contributed by atoms with Gasteiger partial charge in [0, 0.05) is 42.7 Å². The van der Waals surface area contributed by atoms with Crippen LogP contribution in [-0.2, 0) is 14.3 Å². The molecule has 200 valence electrons. The first-order valence-electron chi connectivity index (χ1n) is 12.7. The number of imide groups is 1. The van der Waals surface area contributed by atoms with E-state index >= 15 is 0 Å². The summed E-state index contributed by atoms with van der Waals surface area (Å²) in [4.78, 5) is 56.4. The van der Waals surface area contributed by atoms with E-state index in [4.69, 9.17) is 14.7 Å². The van der Waals surface area contributed by atoms with E-state index in [-0.39, 0.29) is 17.7 Å². The third-order valence-corrected chi connectivity index (χ3v) is 7.85. The minimum absolute atomic E-state index is 0.0868. The second-order valence-corrected chi connectivity index (χ2v) is 11.7. The molecular formula is C28H28N6O4S. The molecule has 1 saturated heterocycles. The third kappa shape index (κ3) is 4.42. The fourth-order valence-corrected chi connectivity index (χ4v) is 5.88. The molecule has 2 aliphatic rings. The molecule has 0 aliphatic carbocycles. The van der Waals surface area contributed by atoms with Gasteiger partial charge < -0.3 is 19.5 Å². The van der Waals surface area contributed by atoms with Crippen molar-refractivity contribution in [3.8, 4) is 0 Å². The number of anilines is 1. The number of fused-ring (bicyclic) bond motifs is 2. The van der Waals surface area contributed by atoms with E-state index in [0.29, 0.717) is 53.2 Å². The van der Waals surface area contributed by atoms with Crippen LogP contribution in [0.15, 0.2) is 41.9 Å². The van der Waals surface area contributed by atoms with Crippen LogP contribution in [-0.4, -0.2) is 69.5 Å². The van der Waals surface area contributed by atoms with Gasteiger partial charge >= 0.3 is 6.09 Å². The summed E-state index contributed by atoms with van der Waals surface area (Å²) in [6.45, 7) is 6.66. The highest BCUT2D eigenvalue weighted by Crippen LogP contribution is 2.38.